The Morgan fingerprint density at radius 1 is 0.941 bits per heavy atom. The number of aliphatic hydroxyl groups is 3. The first-order valence-electron chi connectivity index (χ1n) is 25.0. The highest BCUT2D eigenvalue weighted by Gasteiger charge is 2.53. The largest absolute Gasteiger partial charge is 0.460 e. The zero-order valence-electron chi connectivity index (χ0n) is 42.4. The summed E-state index contributed by atoms with van der Waals surface area (Å²) in [5, 5.41) is 32.8. The molecule has 384 valence electrons. The number of ether oxygens (including phenoxy) is 6. The van der Waals surface area contributed by atoms with Gasteiger partial charge in [-0.15, -0.1) is 0 Å². The zero-order chi connectivity index (χ0) is 50.3. The molecule has 1 aliphatic carbocycles. The van der Waals surface area contributed by atoms with Gasteiger partial charge in [0.1, 0.15) is 30.1 Å². The summed E-state index contributed by atoms with van der Waals surface area (Å²) < 4.78 is 35.6. The number of fused-ring (bicyclic) bond motifs is 3. The highest BCUT2D eigenvalue weighted by atomic mass is 16.8. The number of hydrogen-bond acceptors (Lipinski definition) is 14. The number of nitrogens with zero attached hydrogens (tertiary/aromatic N) is 1. The number of allylic oxidation sites excluding steroid dienone is 6. The lowest BCUT2D eigenvalue weighted by atomic mass is 9.85. The fourth-order valence-corrected chi connectivity index (χ4v) is 10.5. The highest BCUT2D eigenvalue weighted by Crippen LogP contribution is 2.38. The Kier molecular flexibility index (Phi) is 22.9. The first-order chi connectivity index (χ1) is 32.3. The summed E-state index contributed by atoms with van der Waals surface area (Å²) in [5.74, 6) is -7.96. The molecule has 68 heavy (non-hydrogen) atoms. The van der Waals surface area contributed by atoms with E-state index in [4.69, 9.17) is 28.4 Å². The maximum absolute atomic E-state index is 14.5. The number of carbonyl (C=O) groups is 5. The number of ketones is 3. The summed E-state index contributed by atoms with van der Waals surface area (Å²) >= 11 is 0. The van der Waals surface area contributed by atoms with Gasteiger partial charge in [0.15, 0.2) is 5.78 Å². The minimum absolute atomic E-state index is 0.0158. The molecule has 3 fully saturated rings. The molecular formula is C53H83NO14. The predicted molar refractivity (Wildman–Crippen MR) is 256 cm³/mol. The maximum Gasteiger partial charge on any atom is 0.329 e. The molecular weight excluding hydrogens is 883 g/mol. The van der Waals surface area contributed by atoms with Crippen molar-refractivity contribution in [2.24, 2.45) is 35.5 Å². The molecule has 1 amide bonds. The van der Waals surface area contributed by atoms with Crippen LogP contribution in [0.2, 0.25) is 0 Å². The van der Waals surface area contributed by atoms with E-state index in [2.05, 4.69) is 0 Å². The van der Waals surface area contributed by atoms with E-state index < -0.39 is 77.8 Å². The summed E-state index contributed by atoms with van der Waals surface area (Å²) in [6, 6.07) is -1.14. The summed E-state index contributed by atoms with van der Waals surface area (Å²) in [4.78, 5) is 72.1. The lowest BCUT2D eigenvalue weighted by Gasteiger charge is -2.42. The van der Waals surface area contributed by atoms with Gasteiger partial charge in [-0.2, -0.15) is 0 Å². The molecule has 0 radical (unpaired) electrons. The van der Waals surface area contributed by atoms with Gasteiger partial charge in [0.2, 0.25) is 5.79 Å². The van der Waals surface area contributed by atoms with E-state index in [0.717, 1.165) is 12.0 Å². The van der Waals surface area contributed by atoms with E-state index in [-0.39, 0.29) is 74.1 Å². The molecule has 15 atom stereocenters. The van der Waals surface area contributed by atoms with Gasteiger partial charge in [0, 0.05) is 58.5 Å². The van der Waals surface area contributed by atoms with Crippen LogP contribution >= 0.6 is 0 Å². The van der Waals surface area contributed by atoms with Crippen molar-refractivity contribution in [2.45, 2.75) is 180 Å². The third kappa shape index (κ3) is 15.3. The first-order valence-corrected chi connectivity index (χ1v) is 25.0. The lowest BCUT2D eigenvalue weighted by molar-refractivity contribution is -0.265. The standard InChI is InChI=1S/C53H83NO14/c1-32-16-12-11-13-17-33(2)44(63-8)30-40-21-19-38(7)53(62,68-40)50(59)51(60)54-23-15-14-18-41(54)52(61)67-45(35(4)28-39-20-22-43(66-25-24-55)46(29-39)64-9)31-42(56)34(3)27-37(6)48(58)49(65-10)47(57)36(5)26-32/h11-13,16-17,27,32,34-36,38-41,43-46,48-49,55,58,62H,14-15,18-26,28-31H2,1-10H3/b13-11+,16-12+,33-17+,37-27+/t32-,34-,35-,36-,38-,39+,40+,41+,43-,44+,45+,46-,48-,49+,53-/m1/s1/i28+2,39+2,41+2,52+2. The first kappa shape index (κ1) is 57.2. The molecule has 0 unspecified atom stereocenters. The van der Waals surface area contributed by atoms with Gasteiger partial charge >= 0.3 is 5.97 Å². The Bertz CT molecular complexity index is 1810. The third-order valence-electron chi connectivity index (χ3n) is 14.9. The molecule has 0 spiro atoms. The van der Waals surface area contributed by atoms with Crippen LogP contribution in [0.25, 0.3) is 0 Å². The van der Waals surface area contributed by atoms with E-state index in [0.29, 0.717) is 63.4 Å². The van der Waals surface area contributed by atoms with Gasteiger partial charge in [-0.25, -0.2) is 4.79 Å². The highest BCUT2D eigenvalue weighted by molar-refractivity contribution is 6.39. The van der Waals surface area contributed by atoms with E-state index in [1.165, 1.54) is 12.0 Å². The van der Waals surface area contributed by atoms with Gasteiger partial charge in [-0.1, -0.05) is 71.1 Å². The van der Waals surface area contributed by atoms with Crippen molar-refractivity contribution in [3.8, 4) is 0 Å². The molecule has 2 saturated heterocycles. The second-order valence-corrected chi connectivity index (χ2v) is 20.2. The Morgan fingerprint density at radius 3 is 2.35 bits per heavy atom. The van der Waals surface area contributed by atoms with Gasteiger partial charge in [0.05, 0.1) is 37.6 Å². The van der Waals surface area contributed by atoms with Crippen molar-refractivity contribution < 1.29 is 67.7 Å². The van der Waals surface area contributed by atoms with E-state index >= 15 is 0 Å². The second-order valence-electron chi connectivity index (χ2n) is 20.2. The fraction of sp³-hybridized carbons (Fsp3) is 0.755. The van der Waals surface area contributed by atoms with Crippen molar-refractivity contribution in [3.63, 3.8) is 0 Å². The van der Waals surface area contributed by atoms with Crippen molar-refractivity contribution in [2.75, 3.05) is 41.1 Å². The van der Waals surface area contributed by atoms with Crippen molar-refractivity contribution in [3.05, 3.63) is 47.6 Å². The molecule has 1 saturated carbocycles. The number of cyclic esters (lactones) is 1. The molecule has 0 aromatic heterocycles. The van der Waals surface area contributed by atoms with Crippen LogP contribution in [0, 0.1) is 35.5 Å². The normalized spacial score (nSPS) is 39.2. The number of methoxy groups -OCH3 is 3. The Hall–Kier alpha value is -3.41. The Balaban J connectivity index is 1.70. The number of piperidine rings is 1. The molecule has 4 rings (SSSR count). The maximum atomic E-state index is 14.5. The van der Waals surface area contributed by atoms with Gasteiger partial charge in [-0.05, 0) is 107 Å². The average Bonchev–Trinajstić information content (AvgIpc) is 3.32. The van der Waals surface area contributed by atoms with Gasteiger partial charge in [-0.3, -0.25) is 19.2 Å². The van der Waals surface area contributed by atoms with Crippen LogP contribution in [-0.2, 0) is 52.4 Å². The van der Waals surface area contributed by atoms with Crippen LogP contribution in [0.4, 0.5) is 0 Å². The SMILES string of the molecule is CO[C@H]1C[C@@H]2CC[C@@H](C)[C@@](O)(O2)C(=O)C(=O)N2CCCC[14C@H]2[14C](=O)O[C@H]([C@H](C)[14CH2][14C@@H]2CC[C@@H](OCCO)[C@H](OC)C2)CC(=O)[C@H](C)/C=C(\C)[C@@H](O)[C@@H](OC)C(=O)[C@H](C)C[C@H](C)/C=C/C=C/C=C/1C. The molecule has 4 aliphatic rings. The number of hydrogen-bond donors (Lipinski definition) is 3. The van der Waals surface area contributed by atoms with E-state index in [1.54, 1.807) is 41.1 Å². The van der Waals surface area contributed by atoms with Crippen molar-refractivity contribution in [1.82, 2.24) is 4.90 Å². The predicted octanol–water partition coefficient (Wildman–Crippen LogP) is 6.20. The molecule has 3 aliphatic heterocycles. The third-order valence-corrected chi connectivity index (χ3v) is 14.9. The lowest BCUT2D eigenvalue weighted by Crippen LogP contribution is -2.61. The summed E-state index contributed by atoms with van der Waals surface area (Å²) in [7, 11) is 4.58. The Morgan fingerprint density at radius 2 is 1.68 bits per heavy atom. The number of carbonyl (C=O) groups excluding carboxylic acids is 5. The molecule has 15 heteroatoms. The van der Waals surface area contributed by atoms with Crippen LogP contribution in [0.3, 0.4) is 0 Å². The van der Waals surface area contributed by atoms with Crippen LogP contribution in [0.1, 0.15) is 126 Å². The van der Waals surface area contributed by atoms with Crippen molar-refractivity contribution in [1.29, 1.82) is 0 Å². The minimum atomic E-state index is -2.43. The molecule has 2 bridgehead atoms. The van der Waals surface area contributed by atoms with Crippen LogP contribution in [0.5, 0.6) is 0 Å². The summed E-state index contributed by atoms with van der Waals surface area (Å²) in [5.41, 5.74) is 1.26. The number of rotatable bonds is 9. The zero-order valence-corrected chi connectivity index (χ0v) is 42.4. The van der Waals surface area contributed by atoms with Gasteiger partial charge < -0.3 is 48.6 Å². The molecule has 0 aromatic rings. The fourth-order valence-electron chi connectivity index (χ4n) is 10.5. The average molecular weight is 966 g/mol. The monoisotopic (exact) mass is 966 g/mol. The van der Waals surface area contributed by atoms with Gasteiger partial charge in [0.25, 0.3) is 11.7 Å². The topological polar surface area (TPSA) is 205 Å². The van der Waals surface area contributed by atoms with E-state index in [1.807, 2.05) is 58.1 Å². The molecule has 3 N–H and O–H groups in total. The van der Waals surface area contributed by atoms with Crippen LogP contribution in [0.15, 0.2) is 47.6 Å². The number of amides is 1. The number of esters is 1. The number of Topliss-reactive ketones (excluding diaryl/α,β-unsaturated/α-hetero) is 3. The second kappa shape index (κ2) is 27.3. The summed E-state index contributed by atoms with van der Waals surface area (Å²) in [6.07, 6.45) is 12.0. The van der Waals surface area contributed by atoms with Crippen LogP contribution in [-0.4, -0.2) is 145 Å². The molecule has 15 nitrogen and oxygen atoms in total. The quantitative estimate of drug-likeness (QED) is 0.134. The van der Waals surface area contributed by atoms with E-state index in [9.17, 15) is 39.3 Å². The molecule has 3 heterocycles. The minimum Gasteiger partial charge on any atom is -0.460 e. The summed E-state index contributed by atoms with van der Waals surface area (Å²) in [6.45, 7) is 12.9. The van der Waals surface area contributed by atoms with Crippen molar-refractivity contribution >= 4 is 29.2 Å². The molecule has 0 aromatic carbocycles. The van der Waals surface area contributed by atoms with Crippen LogP contribution < -0.4 is 0 Å². The Labute approximate surface area is 405 Å². The smallest absolute Gasteiger partial charge is 0.329 e. The number of aliphatic hydroxyl groups excluding tert-OH is 2.